The third-order valence-electron chi connectivity index (χ3n) is 4.13. The highest BCUT2D eigenvalue weighted by atomic mass is 35.5. The van der Waals surface area contributed by atoms with Crippen LogP contribution in [0.15, 0.2) is 34.4 Å². The average Bonchev–Trinajstić information content (AvgIpc) is 3.01. The summed E-state index contributed by atoms with van der Waals surface area (Å²) in [4.78, 5) is 23.2. The fraction of sp³-hybridized carbons (Fsp3) is 0.294. The van der Waals surface area contributed by atoms with E-state index in [0.29, 0.717) is 22.8 Å². The van der Waals surface area contributed by atoms with Crippen LogP contribution in [0.4, 0.5) is 0 Å². The number of hydrogen-bond acceptors (Lipinski definition) is 5. The summed E-state index contributed by atoms with van der Waals surface area (Å²) < 4.78 is 5.35. The Hall–Kier alpha value is -1.73. The maximum Gasteiger partial charge on any atom is 0.260 e. The zero-order valence-electron chi connectivity index (χ0n) is 12.9. The van der Waals surface area contributed by atoms with Crippen LogP contribution in [0.2, 0.25) is 5.02 Å². The first kappa shape index (κ1) is 15.8. The lowest BCUT2D eigenvalue weighted by molar-refractivity contribution is 0.0331. The molecular weight excluding hydrogens is 346 g/mol. The number of H-pyrrole nitrogens is 1. The second-order valence-electron chi connectivity index (χ2n) is 5.74. The van der Waals surface area contributed by atoms with E-state index in [2.05, 4.69) is 14.9 Å². The van der Waals surface area contributed by atoms with Crippen LogP contribution in [0.5, 0.6) is 0 Å². The van der Waals surface area contributed by atoms with Crippen LogP contribution in [0.1, 0.15) is 5.82 Å². The SMILES string of the molecule is O=c1[nH]c(CN2CCOCC2)nc2scc(-c3ccc(Cl)cc3)c12. The summed E-state index contributed by atoms with van der Waals surface area (Å²) in [5, 5.41) is 3.31. The molecule has 5 nitrogen and oxygen atoms in total. The first-order valence-electron chi connectivity index (χ1n) is 7.77. The Morgan fingerprint density at radius 1 is 1.25 bits per heavy atom. The van der Waals surface area contributed by atoms with Crippen LogP contribution in [0, 0.1) is 0 Å². The van der Waals surface area contributed by atoms with Gasteiger partial charge < -0.3 is 9.72 Å². The summed E-state index contributed by atoms with van der Waals surface area (Å²) in [5.41, 5.74) is 1.78. The molecule has 0 radical (unpaired) electrons. The van der Waals surface area contributed by atoms with E-state index in [0.717, 1.165) is 42.3 Å². The molecule has 0 spiro atoms. The molecule has 0 amide bonds. The van der Waals surface area contributed by atoms with Gasteiger partial charge in [0.25, 0.3) is 5.56 Å². The smallest absolute Gasteiger partial charge is 0.260 e. The number of rotatable bonds is 3. The van der Waals surface area contributed by atoms with Gasteiger partial charge in [-0.05, 0) is 17.7 Å². The Kier molecular flexibility index (Phi) is 4.37. The van der Waals surface area contributed by atoms with E-state index < -0.39 is 0 Å². The molecule has 7 heteroatoms. The molecule has 1 aliphatic heterocycles. The minimum absolute atomic E-state index is 0.0885. The van der Waals surface area contributed by atoms with E-state index in [1.165, 1.54) is 11.3 Å². The van der Waals surface area contributed by atoms with Crippen LogP contribution in [0.25, 0.3) is 21.3 Å². The van der Waals surface area contributed by atoms with Crippen molar-refractivity contribution in [3.8, 4) is 11.1 Å². The Morgan fingerprint density at radius 2 is 2.00 bits per heavy atom. The van der Waals surface area contributed by atoms with Gasteiger partial charge in [-0.3, -0.25) is 9.69 Å². The molecule has 0 saturated carbocycles. The van der Waals surface area contributed by atoms with Crippen molar-refractivity contribution in [1.29, 1.82) is 0 Å². The zero-order chi connectivity index (χ0) is 16.5. The highest BCUT2D eigenvalue weighted by Gasteiger charge is 2.16. The van der Waals surface area contributed by atoms with E-state index in [1.54, 1.807) is 0 Å². The molecule has 3 heterocycles. The molecule has 1 saturated heterocycles. The molecule has 1 fully saturated rings. The molecule has 1 aromatic carbocycles. The fourth-order valence-corrected chi connectivity index (χ4v) is 3.97. The monoisotopic (exact) mass is 361 g/mol. The average molecular weight is 362 g/mol. The van der Waals surface area contributed by atoms with E-state index in [4.69, 9.17) is 16.3 Å². The van der Waals surface area contributed by atoms with Crippen molar-refractivity contribution in [3.63, 3.8) is 0 Å². The van der Waals surface area contributed by atoms with Crippen LogP contribution in [-0.4, -0.2) is 41.2 Å². The Morgan fingerprint density at radius 3 is 2.75 bits per heavy atom. The number of aromatic amines is 1. The number of nitrogens with one attached hydrogen (secondary N) is 1. The number of halogens is 1. The zero-order valence-corrected chi connectivity index (χ0v) is 14.5. The number of ether oxygens (including phenoxy) is 1. The largest absolute Gasteiger partial charge is 0.379 e. The third-order valence-corrected chi connectivity index (χ3v) is 5.25. The van der Waals surface area contributed by atoms with Gasteiger partial charge in [0, 0.05) is 29.1 Å². The second-order valence-corrected chi connectivity index (χ2v) is 7.03. The van der Waals surface area contributed by atoms with Gasteiger partial charge in [-0.1, -0.05) is 23.7 Å². The molecular formula is C17H16ClN3O2S. The van der Waals surface area contributed by atoms with Crippen molar-refractivity contribution in [1.82, 2.24) is 14.9 Å². The van der Waals surface area contributed by atoms with Crippen molar-refractivity contribution < 1.29 is 4.74 Å². The quantitative estimate of drug-likeness (QED) is 0.778. The lowest BCUT2D eigenvalue weighted by Crippen LogP contribution is -2.36. The molecule has 0 bridgehead atoms. The molecule has 1 N–H and O–H groups in total. The molecule has 0 atom stereocenters. The summed E-state index contributed by atoms with van der Waals surface area (Å²) in [6.07, 6.45) is 0. The van der Waals surface area contributed by atoms with Crippen molar-refractivity contribution in [2.24, 2.45) is 0 Å². The number of aromatic nitrogens is 2. The van der Waals surface area contributed by atoms with Crippen LogP contribution in [-0.2, 0) is 11.3 Å². The van der Waals surface area contributed by atoms with Gasteiger partial charge in [0.2, 0.25) is 0 Å². The standard InChI is InChI=1S/C17H16ClN3O2S/c18-12-3-1-11(2-4-12)13-10-24-17-15(13)16(22)19-14(20-17)9-21-5-7-23-8-6-21/h1-4,10H,5-9H2,(H,19,20,22). The number of morpholine rings is 1. The number of nitrogens with zero attached hydrogens (tertiary/aromatic N) is 2. The predicted molar refractivity (Wildman–Crippen MR) is 96.8 cm³/mol. The Balaban J connectivity index is 1.70. The molecule has 4 rings (SSSR count). The minimum atomic E-state index is -0.0885. The fourth-order valence-electron chi connectivity index (χ4n) is 2.88. The lowest BCUT2D eigenvalue weighted by atomic mass is 10.1. The van der Waals surface area contributed by atoms with Gasteiger partial charge >= 0.3 is 0 Å². The summed E-state index contributed by atoms with van der Waals surface area (Å²) in [6, 6.07) is 7.50. The maximum absolute atomic E-state index is 12.6. The van der Waals surface area contributed by atoms with Crippen molar-refractivity contribution in [3.05, 3.63) is 50.8 Å². The van der Waals surface area contributed by atoms with Gasteiger partial charge in [0.05, 0.1) is 25.1 Å². The van der Waals surface area contributed by atoms with Crippen molar-refractivity contribution >= 4 is 33.2 Å². The van der Waals surface area contributed by atoms with E-state index >= 15 is 0 Å². The topological polar surface area (TPSA) is 58.2 Å². The Labute approximate surface area is 147 Å². The van der Waals surface area contributed by atoms with Gasteiger partial charge in [0.1, 0.15) is 10.7 Å². The van der Waals surface area contributed by atoms with E-state index in [9.17, 15) is 4.79 Å². The first-order valence-corrected chi connectivity index (χ1v) is 9.03. The van der Waals surface area contributed by atoms with Crippen molar-refractivity contribution in [2.75, 3.05) is 26.3 Å². The number of fused-ring (bicyclic) bond motifs is 1. The van der Waals surface area contributed by atoms with E-state index in [-0.39, 0.29) is 5.56 Å². The summed E-state index contributed by atoms with van der Waals surface area (Å²) in [6.45, 7) is 3.82. The summed E-state index contributed by atoms with van der Waals surface area (Å²) in [7, 11) is 0. The number of thiophene rings is 1. The van der Waals surface area contributed by atoms with Gasteiger partial charge in [0.15, 0.2) is 0 Å². The molecule has 3 aromatic rings. The van der Waals surface area contributed by atoms with Crippen LogP contribution >= 0.6 is 22.9 Å². The first-order chi connectivity index (χ1) is 11.7. The lowest BCUT2D eigenvalue weighted by Gasteiger charge is -2.25. The van der Waals surface area contributed by atoms with Crippen LogP contribution in [0.3, 0.4) is 0 Å². The van der Waals surface area contributed by atoms with E-state index in [1.807, 2.05) is 29.6 Å². The summed E-state index contributed by atoms with van der Waals surface area (Å²) >= 11 is 7.44. The highest BCUT2D eigenvalue weighted by molar-refractivity contribution is 7.17. The third kappa shape index (κ3) is 3.10. The predicted octanol–water partition coefficient (Wildman–Crippen LogP) is 3.14. The highest BCUT2D eigenvalue weighted by Crippen LogP contribution is 2.31. The molecule has 24 heavy (non-hydrogen) atoms. The maximum atomic E-state index is 12.6. The molecule has 1 aliphatic rings. The van der Waals surface area contributed by atoms with Crippen LogP contribution < -0.4 is 5.56 Å². The molecule has 2 aromatic heterocycles. The molecule has 0 aliphatic carbocycles. The normalized spacial score (nSPS) is 15.9. The van der Waals surface area contributed by atoms with Crippen molar-refractivity contribution in [2.45, 2.75) is 6.54 Å². The number of benzene rings is 1. The van der Waals surface area contributed by atoms with Gasteiger partial charge in [-0.15, -0.1) is 11.3 Å². The molecule has 124 valence electrons. The van der Waals surface area contributed by atoms with Gasteiger partial charge in [-0.25, -0.2) is 4.98 Å². The van der Waals surface area contributed by atoms with Gasteiger partial charge in [-0.2, -0.15) is 0 Å². The minimum Gasteiger partial charge on any atom is -0.379 e. The summed E-state index contributed by atoms with van der Waals surface area (Å²) in [5.74, 6) is 0.707. The molecule has 0 unspecified atom stereocenters. The number of hydrogen-bond donors (Lipinski definition) is 1. The second kappa shape index (κ2) is 6.64. The Bertz CT molecular complexity index is 914.